The third-order valence-electron chi connectivity index (χ3n) is 3.03. The summed E-state index contributed by atoms with van der Waals surface area (Å²) in [6, 6.07) is 12.7. The maximum atomic E-state index is 13.0. The van der Waals surface area contributed by atoms with Crippen LogP contribution in [0.5, 0.6) is 0 Å². The van der Waals surface area contributed by atoms with E-state index in [2.05, 4.69) is 32.9 Å². The van der Waals surface area contributed by atoms with Crippen molar-refractivity contribution in [1.29, 1.82) is 0 Å². The van der Waals surface area contributed by atoms with Crippen LogP contribution >= 0.6 is 11.8 Å². The van der Waals surface area contributed by atoms with E-state index in [-0.39, 0.29) is 5.82 Å². The van der Waals surface area contributed by atoms with Gasteiger partial charge in [-0.25, -0.2) is 9.38 Å². The molecule has 0 aliphatic rings. The highest BCUT2D eigenvalue weighted by Crippen LogP contribution is 2.26. The first-order valence-corrected chi connectivity index (χ1v) is 7.64. The molecule has 2 aromatic carbocycles. The fourth-order valence-electron chi connectivity index (χ4n) is 1.99. The molecule has 20 heavy (non-hydrogen) atoms. The molecule has 0 heterocycles. The van der Waals surface area contributed by atoms with Crippen molar-refractivity contribution in [1.82, 2.24) is 0 Å². The number of aryl methyl sites for hydroxylation is 2. The largest absolute Gasteiger partial charge is 0.241 e. The maximum absolute atomic E-state index is 13.0. The second-order valence-electron chi connectivity index (χ2n) is 4.60. The van der Waals surface area contributed by atoms with E-state index in [9.17, 15) is 4.39 Å². The number of aliphatic imine (C=N–C) groups is 1. The van der Waals surface area contributed by atoms with Crippen LogP contribution in [-0.4, -0.2) is 10.8 Å². The third-order valence-corrected chi connectivity index (χ3v) is 3.91. The number of nitrogens with zero attached hydrogens (tertiary/aromatic N) is 1. The summed E-state index contributed by atoms with van der Waals surface area (Å²) in [6.45, 7) is 6.21. The summed E-state index contributed by atoms with van der Waals surface area (Å²) in [5.41, 5.74) is 4.27. The Morgan fingerprint density at radius 2 is 1.65 bits per heavy atom. The highest BCUT2D eigenvalue weighted by molar-refractivity contribution is 8.14. The Bertz CT molecular complexity index is 597. The second kappa shape index (κ2) is 6.71. The van der Waals surface area contributed by atoms with Crippen LogP contribution in [0.1, 0.15) is 23.6 Å². The van der Waals surface area contributed by atoms with E-state index in [0.29, 0.717) is 0 Å². The normalized spacial score (nSPS) is 11.7. The molecule has 0 fully saturated rings. The molecule has 0 radical (unpaired) electrons. The van der Waals surface area contributed by atoms with Crippen molar-refractivity contribution >= 4 is 22.5 Å². The standard InChI is InChI=1S/C17H18FNS/c1-4-20-17(14-8-10-15(18)11-9-14)19-16-12(2)6-5-7-13(16)3/h5-11H,4H2,1-3H3/b19-17+. The molecule has 3 heteroatoms. The molecule has 0 atom stereocenters. The smallest absolute Gasteiger partial charge is 0.123 e. The van der Waals surface area contributed by atoms with Gasteiger partial charge in [0.15, 0.2) is 0 Å². The van der Waals surface area contributed by atoms with Crippen molar-refractivity contribution < 1.29 is 4.39 Å². The zero-order valence-corrected chi connectivity index (χ0v) is 12.8. The Hall–Kier alpha value is -1.61. The average Bonchev–Trinajstić information content (AvgIpc) is 2.43. The van der Waals surface area contributed by atoms with Crippen LogP contribution in [0.25, 0.3) is 0 Å². The van der Waals surface area contributed by atoms with Crippen LogP contribution in [0.2, 0.25) is 0 Å². The lowest BCUT2D eigenvalue weighted by Crippen LogP contribution is -1.97. The molecule has 0 amide bonds. The maximum Gasteiger partial charge on any atom is 0.123 e. The van der Waals surface area contributed by atoms with Crippen LogP contribution in [0.15, 0.2) is 47.5 Å². The zero-order valence-electron chi connectivity index (χ0n) is 12.0. The summed E-state index contributed by atoms with van der Waals surface area (Å²) < 4.78 is 13.0. The summed E-state index contributed by atoms with van der Waals surface area (Å²) in [6.07, 6.45) is 0. The van der Waals surface area contributed by atoms with Gasteiger partial charge in [0.1, 0.15) is 10.9 Å². The lowest BCUT2D eigenvalue weighted by Gasteiger charge is -2.09. The number of hydrogen-bond acceptors (Lipinski definition) is 2. The quantitative estimate of drug-likeness (QED) is 0.553. The topological polar surface area (TPSA) is 12.4 Å². The molecule has 0 aromatic heterocycles. The van der Waals surface area contributed by atoms with E-state index in [0.717, 1.165) is 33.2 Å². The highest BCUT2D eigenvalue weighted by Gasteiger charge is 2.07. The van der Waals surface area contributed by atoms with Gasteiger partial charge >= 0.3 is 0 Å². The van der Waals surface area contributed by atoms with Crippen molar-refractivity contribution in [3.05, 3.63) is 65.0 Å². The van der Waals surface area contributed by atoms with Gasteiger partial charge in [-0.15, -0.1) is 11.8 Å². The van der Waals surface area contributed by atoms with E-state index in [1.54, 1.807) is 23.9 Å². The van der Waals surface area contributed by atoms with Crippen molar-refractivity contribution in [3.8, 4) is 0 Å². The predicted molar refractivity (Wildman–Crippen MR) is 86.6 cm³/mol. The van der Waals surface area contributed by atoms with Crippen molar-refractivity contribution in [3.63, 3.8) is 0 Å². The van der Waals surface area contributed by atoms with Crippen LogP contribution in [0.4, 0.5) is 10.1 Å². The Balaban J connectivity index is 2.47. The van der Waals surface area contributed by atoms with Gasteiger partial charge in [-0.05, 0) is 55.0 Å². The van der Waals surface area contributed by atoms with Gasteiger partial charge in [-0.2, -0.15) is 0 Å². The fraction of sp³-hybridized carbons (Fsp3) is 0.235. The molecule has 0 saturated heterocycles. The Labute approximate surface area is 123 Å². The third kappa shape index (κ3) is 3.48. The van der Waals surface area contributed by atoms with E-state index in [1.165, 1.54) is 12.1 Å². The van der Waals surface area contributed by atoms with E-state index < -0.39 is 0 Å². The summed E-state index contributed by atoms with van der Waals surface area (Å²) >= 11 is 1.68. The Morgan fingerprint density at radius 3 is 2.20 bits per heavy atom. The van der Waals surface area contributed by atoms with Gasteiger partial charge < -0.3 is 0 Å². The first-order chi connectivity index (χ1) is 9.61. The van der Waals surface area contributed by atoms with Crippen LogP contribution in [0.3, 0.4) is 0 Å². The van der Waals surface area contributed by atoms with Gasteiger partial charge in [-0.3, -0.25) is 0 Å². The van der Waals surface area contributed by atoms with Gasteiger partial charge in [0.2, 0.25) is 0 Å². The fourth-order valence-corrected chi connectivity index (χ4v) is 2.72. The zero-order chi connectivity index (χ0) is 14.5. The molecule has 1 nitrogen and oxygen atoms in total. The van der Waals surface area contributed by atoms with Crippen LogP contribution < -0.4 is 0 Å². The number of rotatable bonds is 3. The minimum atomic E-state index is -0.221. The average molecular weight is 287 g/mol. The summed E-state index contributed by atoms with van der Waals surface area (Å²) in [7, 11) is 0. The van der Waals surface area contributed by atoms with Crippen molar-refractivity contribution in [2.45, 2.75) is 20.8 Å². The molecule has 0 unspecified atom stereocenters. The molecule has 0 N–H and O–H groups in total. The van der Waals surface area contributed by atoms with Crippen molar-refractivity contribution in [2.24, 2.45) is 4.99 Å². The number of thioether (sulfide) groups is 1. The number of para-hydroxylation sites is 1. The first kappa shape index (κ1) is 14.8. The van der Waals surface area contributed by atoms with E-state index in [1.807, 2.05) is 6.07 Å². The summed E-state index contributed by atoms with van der Waals surface area (Å²) in [4.78, 5) is 4.80. The molecule has 0 bridgehead atoms. The molecule has 0 saturated carbocycles. The molecular weight excluding hydrogens is 269 g/mol. The second-order valence-corrected chi connectivity index (χ2v) is 5.85. The summed E-state index contributed by atoms with van der Waals surface area (Å²) in [5, 5.41) is 0.935. The molecular formula is C17H18FNS. The summed E-state index contributed by atoms with van der Waals surface area (Å²) in [5.74, 6) is 0.711. The van der Waals surface area contributed by atoms with Gasteiger partial charge in [-0.1, -0.05) is 25.1 Å². The monoisotopic (exact) mass is 287 g/mol. The molecule has 2 aromatic rings. The molecule has 0 aliphatic carbocycles. The first-order valence-electron chi connectivity index (χ1n) is 6.65. The van der Waals surface area contributed by atoms with Crippen molar-refractivity contribution in [2.75, 3.05) is 5.75 Å². The number of hydrogen-bond donors (Lipinski definition) is 0. The molecule has 0 spiro atoms. The minimum absolute atomic E-state index is 0.221. The lowest BCUT2D eigenvalue weighted by molar-refractivity contribution is 0.628. The minimum Gasteiger partial charge on any atom is -0.241 e. The number of halogens is 1. The van der Waals surface area contributed by atoms with Crippen LogP contribution in [-0.2, 0) is 0 Å². The predicted octanol–water partition coefficient (Wildman–Crippen LogP) is 5.27. The van der Waals surface area contributed by atoms with Gasteiger partial charge in [0.05, 0.1) is 5.69 Å². The molecule has 104 valence electrons. The van der Waals surface area contributed by atoms with Gasteiger partial charge in [0, 0.05) is 5.56 Å². The SMILES string of the molecule is CCS/C(=N/c1c(C)cccc1C)c1ccc(F)cc1. The van der Waals surface area contributed by atoms with E-state index in [4.69, 9.17) is 4.99 Å². The van der Waals surface area contributed by atoms with Gasteiger partial charge in [0.25, 0.3) is 0 Å². The van der Waals surface area contributed by atoms with E-state index >= 15 is 0 Å². The molecule has 2 rings (SSSR count). The highest BCUT2D eigenvalue weighted by atomic mass is 32.2. The van der Waals surface area contributed by atoms with Crippen LogP contribution in [0, 0.1) is 19.7 Å². The Kier molecular flexibility index (Phi) is 4.96. The molecule has 0 aliphatic heterocycles. The Morgan fingerprint density at radius 1 is 1.05 bits per heavy atom. The lowest BCUT2D eigenvalue weighted by atomic mass is 10.1. The number of benzene rings is 2.